The van der Waals surface area contributed by atoms with Crippen LogP contribution < -0.4 is 5.32 Å². The van der Waals surface area contributed by atoms with Crippen molar-refractivity contribution in [1.82, 2.24) is 14.4 Å². The maximum atomic E-state index is 13.6. The largest absolute Gasteiger partial charge is 0.318 e. The normalized spacial score (nSPS) is 11.4. The molecular formula is C11H10F2N4O3S. The summed E-state index contributed by atoms with van der Waals surface area (Å²) in [5, 5.41) is 8.30. The fraction of sp³-hybridized carbons (Fsp3) is 0.182. The second-order valence-corrected chi connectivity index (χ2v) is 6.06. The van der Waals surface area contributed by atoms with E-state index in [1.165, 1.54) is 12.1 Å². The molecular weight excluding hydrogens is 306 g/mol. The topological polar surface area (TPSA) is 94.0 Å². The van der Waals surface area contributed by atoms with E-state index < -0.39 is 33.4 Å². The number of hydrogen-bond acceptors (Lipinski definition) is 5. The number of benzene rings is 1. The van der Waals surface area contributed by atoms with Crippen molar-refractivity contribution in [2.75, 3.05) is 11.6 Å². The van der Waals surface area contributed by atoms with Gasteiger partial charge in [-0.3, -0.25) is 4.79 Å². The first-order chi connectivity index (χ1) is 9.68. The van der Waals surface area contributed by atoms with E-state index in [0.717, 1.165) is 6.26 Å². The first-order valence-electron chi connectivity index (χ1n) is 5.59. The maximum Gasteiger partial charge on any atom is 0.281 e. The summed E-state index contributed by atoms with van der Waals surface area (Å²) >= 11 is 0. The first-order valence-corrected chi connectivity index (χ1v) is 7.44. The van der Waals surface area contributed by atoms with Crippen LogP contribution in [0.1, 0.15) is 16.1 Å². The minimum atomic E-state index is -3.92. The summed E-state index contributed by atoms with van der Waals surface area (Å²) in [7, 11) is -3.92. The van der Waals surface area contributed by atoms with E-state index >= 15 is 0 Å². The zero-order valence-electron chi connectivity index (χ0n) is 11.0. The second kappa shape index (κ2) is 5.20. The Kier molecular flexibility index (Phi) is 3.73. The van der Waals surface area contributed by atoms with Crippen LogP contribution in [0.5, 0.6) is 0 Å². The number of carbonyl (C=O) groups is 1. The highest BCUT2D eigenvalue weighted by molar-refractivity contribution is 7.88. The van der Waals surface area contributed by atoms with Crippen molar-refractivity contribution in [1.29, 1.82) is 0 Å². The summed E-state index contributed by atoms with van der Waals surface area (Å²) in [6.07, 6.45) is 0.744. The Morgan fingerprint density at radius 2 is 1.95 bits per heavy atom. The van der Waals surface area contributed by atoms with Crippen molar-refractivity contribution >= 4 is 21.6 Å². The van der Waals surface area contributed by atoms with E-state index in [9.17, 15) is 22.0 Å². The molecule has 0 spiro atoms. The number of amides is 1. The Hall–Kier alpha value is -2.36. The molecule has 1 heterocycles. The summed E-state index contributed by atoms with van der Waals surface area (Å²) < 4.78 is 49.4. The molecule has 1 aromatic carbocycles. The molecule has 7 nitrogen and oxygen atoms in total. The van der Waals surface area contributed by atoms with Crippen LogP contribution in [-0.2, 0) is 10.0 Å². The molecule has 0 unspecified atom stereocenters. The highest BCUT2D eigenvalue weighted by Gasteiger charge is 2.23. The van der Waals surface area contributed by atoms with Crippen molar-refractivity contribution in [3.8, 4) is 0 Å². The van der Waals surface area contributed by atoms with Gasteiger partial charge in [-0.25, -0.2) is 12.8 Å². The monoisotopic (exact) mass is 316 g/mol. The Labute approximate surface area is 118 Å². The van der Waals surface area contributed by atoms with Gasteiger partial charge in [0.05, 0.1) is 11.9 Å². The van der Waals surface area contributed by atoms with Gasteiger partial charge in [0.2, 0.25) is 5.69 Å². The molecule has 2 rings (SSSR count). The molecule has 0 saturated heterocycles. The lowest BCUT2D eigenvalue weighted by Crippen LogP contribution is -2.17. The minimum absolute atomic E-state index is 0.0861. The molecule has 1 N–H and O–H groups in total. The predicted molar refractivity (Wildman–Crippen MR) is 69.3 cm³/mol. The number of halogens is 2. The SMILES string of the molecule is Cc1ccc(NC(=O)c2nn(S(C)(=O)=O)nc2F)c(F)c1. The van der Waals surface area contributed by atoms with Crippen molar-refractivity contribution in [3.63, 3.8) is 0 Å². The highest BCUT2D eigenvalue weighted by atomic mass is 32.2. The van der Waals surface area contributed by atoms with Crippen LogP contribution in [0, 0.1) is 18.7 Å². The minimum Gasteiger partial charge on any atom is -0.318 e. The van der Waals surface area contributed by atoms with E-state index in [4.69, 9.17) is 0 Å². The number of hydrogen-bond donors (Lipinski definition) is 1. The number of aryl methyl sites for hydroxylation is 1. The van der Waals surface area contributed by atoms with E-state index in [-0.39, 0.29) is 9.89 Å². The lowest BCUT2D eigenvalue weighted by molar-refractivity contribution is 0.101. The van der Waals surface area contributed by atoms with Gasteiger partial charge >= 0.3 is 0 Å². The number of rotatable bonds is 3. The van der Waals surface area contributed by atoms with Crippen molar-refractivity contribution < 1.29 is 22.0 Å². The van der Waals surface area contributed by atoms with Gasteiger partial charge in [-0.15, -0.1) is 10.2 Å². The van der Waals surface area contributed by atoms with Crippen LogP contribution in [0.15, 0.2) is 18.2 Å². The Balaban J connectivity index is 2.31. The van der Waals surface area contributed by atoms with E-state index in [1.54, 1.807) is 13.0 Å². The van der Waals surface area contributed by atoms with Gasteiger partial charge in [0.1, 0.15) is 5.82 Å². The molecule has 112 valence electrons. The molecule has 1 amide bonds. The Bertz CT molecular complexity index is 817. The Morgan fingerprint density at radius 3 is 2.48 bits per heavy atom. The number of carbonyl (C=O) groups excluding carboxylic acids is 1. The van der Waals surface area contributed by atoms with Gasteiger partial charge < -0.3 is 5.32 Å². The van der Waals surface area contributed by atoms with Crippen molar-refractivity contribution in [3.05, 3.63) is 41.2 Å². The smallest absolute Gasteiger partial charge is 0.281 e. The van der Waals surface area contributed by atoms with Crippen LogP contribution in [0.3, 0.4) is 0 Å². The fourth-order valence-corrected chi connectivity index (χ4v) is 1.91. The number of anilines is 1. The van der Waals surface area contributed by atoms with Gasteiger partial charge in [0.25, 0.3) is 21.9 Å². The number of nitrogens with zero attached hydrogens (tertiary/aromatic N) is 3. The summed E-state index contributed by atoms with van der Waals surface area (Å²) in [4.78, 5) is 11.8. The molecule has 2 aromatic rings. The van der Waals surface area contributed by atoms with Gasteiger partial charge in [-0.05, 0) is 24.6 Å². The van der Waals surface area contributed by atoms with Crippen LogP contribution in [0.2, 0.25) is 0 Å². The van der Waals surface area contributed by atoms with Crippen molar-refractivity contribution in [2.24, 2.45) is 0 Å². The van der Waals surface area contributed by atoms with E-state index in [2.05, 4.69) is 15.5 Å². The molecule has 0 fully saturated rings. The summed E-state index contributed by atoms with van der Waals surface area (Å²) in [6.45, 7) is 1.66. The lowest BCUT2D eigenvalue weighted by atomic mass is 10.2. The van der Waals surface area contributed by atoms with Crippen LogP contribution in [-0.4, -0.2) is 35.0 Å². The maximum absolute atomic E-state index is 13.6. The fourth-order valence-electron chi connectivity index (χ4n) is 1.46. The average Bonchev–Trinajstić information content (AvgIpc) is 2.75. The molecule has 0 aliphatic rings. The molecule has 0 aliphatic heterocycles. The second-order valence-electron chi connectivity index (χ2n) is 4.26. The first kappa shape index (κ1) is 15.0. The summed E-state index contributed by atoms with van der Waals surface area (Å²) in [5.41, 5.74) is -0.390. The van der Waals surface area contributed by atoms with Crippen LogP contribution in [0.25, 0.3) is 0 Å². The third-order valence-electron chi connectivity index (χ3n) is 2.44. The third kappa shape index (κ3) is 3.21. The quantitative estimate of drug-likeness (QED) is 0.909. The molecule has 0 radical (unpaired) electrons. The number of aromatic nitrogens is 3. The zero-order chi connectivity index (χ0) is 15.8. The standard InChI is InChI=1S/C11H10F2N4O3S/c1-6-3-4-8(7(12)5-6)14-11(18)9-10(13)16-17(15-9)21(2,19)20/h3-5H,1-2H3,(H,14,18). The van der Waals surface area contributed by atoms with Gasteiger partial charge in [0, 0.05) is 0 Å². The van der Waals surface area contributed by atoms with E-state index in [0.29, 0.717) is 5.56 Å². The van der Waals surface area contributed by atoms with Crippen LogP contribution >= 0.6 is 0 Å². The molecule has 21 heavy (non-hydrogen) atoms. The average molecular weight is 316 g/mol. The molecule has 1 aromatic heterocycles. The predicted octanol–water partition coefficient (Wildman–Crippen LogP) is 0.925. The van der Waals surface area contributed by atoms with Crippen molar-refractivity contribution in [2.45, 2.75) is 6.92 Å². The molecule has 0 aliphatic carbocycles. The van der Waals surface area contributed by atoms with Gasteiger partial charge in [-0.2, -0.15) is 4.39 Å². The Morgan fingerprint density at radius 1 is 1.29 bits per heavy atom. The van der Waals surface area contributed by atoms with Crippen LogP contribution in [0.4, 0.5) is 14.5 Å². The zero-order valence-corrected chi connectivity index (χ0v) is 11.8. The van der Waals surface area contributed by atoms with E-state index in [1.807, 2.05) is 0 Å². The highest BCUT2D eigenvalue weighted by Crippen LogP contribution is 2.16. The lowest BCUT2D eigenvalue weighted by Gasteiger charge is -2.05. The third-order valence-corrected chi connectivity index (χ3v) is 3.20. The molecule has 10 heteroatoms. The molecule has 0 saturated carbocycles. The summed E-state index contributed by atoms with van der Waals surface area (Å²) in [5.74, 6) is -3.19. The number of nitrogens with one attached hydrogen (secondary N) is 1. The van der Waals surface area contributed by atoms with Gasteiger partial charge in [0.15, 0.2) is 0 Å². The summed E-state index contributed by atoms with van der Waals surface area (Å²) in [6, 6.07) is 4.02. The van der Waals surface area contributed by atoms with Gasteiger partial charge in [-0.1, -0.05) is 10.3 Å². The molecule has 0 bridgehead atoms. The molecule has 0 atom stereocenters.